The number of rotatable bonds is 5. The first-order chi connectivity index (χ1) is 9.19. The number of benzene rings is 1. The van der Waals surface area contributed by atoms with Gasteiger partial charge in [-0.15, -0.1) is 0 Å². The Morgan fingerprint density at radius 2 is 2.16 bits per heavy atom. The Labute approximate surface area is 111 Å². The second-order valence-corrected chi connectivity index (χ2v) is 4.30. The number of likely N-dealkylation sites (N-methyl/N-ethyl adjacent to an activating group) is 1. The van der Waals surface area contributed by atoms with Crippen LogP contribution in [0.3, 0.4) is 0 Å². The van der Waals surface area contributed by atoms with E-state index in [1.165, 1.54) is 6.07 Å². The highest BCUT2D eigenvalue weighted by Crippen LogP contribution is 2.23. The number of nitrogens with two attached hydrogens (primary N) is 1. The van der Waals surface area contributed by atoms with E-state index in [-0.39, 0.29) is 6.61 Å². The fraction of sp³-hybridized carbons (Fsp3) is 0.357. The van der Waals surface area contributed by atoms with Crippen LogP contribution in [0.25, 0.3) is 11.0 Å². The van der Waals surface area contributed by atoms with E-state index in [1.807, 2.05) is 25.1 Å². The third-order valence-electron chi connectivity index (χ3n) is 3.13. The monoisotopic (exact) mass is 262 g/mol. The molecule has 1 aromatic heterocycles. The normalized spacial score (nSPS) is 10.9. The summed E-state index contributed by atoms with van der Waals surface area (Å²) in [7, 11) is 0. The number of nitrogens with zero attached hydrogens (tertiary/aromatic N) is 1. The molecule has 2 rings (SSSR count). The Morgan fingerprint density at radius 3 is 2.79 bits per heavy atom. The predicted octanol–water partition coefficient (Wildman–Crippen LogP) is 1.07. The van der Waals surface area contributed by atoms with Gasteiger partial charge in [-0.25, -0.2) is 4.79 Å². The lowest BCUT2D eigenvalue weighted by atomic mass is 10.1. The average molecular weight is 262 g/mol. The number of hydrogen-bond acceptors (Lipinski definition) is 5. The maximum atomic E-state index is 11.4. The van der Waals surface area contributed by atoms with Crippen LogP contribution < -0.4 is 16.3 Å². The highest BCUT2D eigenvalue weighted by atomic mass is 16.4. The molecule has 19 heavy (non-hydrogen) atoms. The van der Waals surface area contributed by atoms with Gasteiger partial charge < -0.3 is 20.2 Å². The van der Waals surface area contributed by atoms with E-state index < -0.39 is 5.63 Å². The Balaban J connectivity index is 2.53. The molecule has 102 valence electrons. The van der Waals surface area contributed by atoms with Crippen molar-refractivity contribution in [1.82, 2.24) is 0 Å². The smallest absolute Gasteiger partial charge is 0.336 e. The summed E-state index contributed by atoms with van der Waals surface area (Å²) >= 11 is 0. The van der Waals surface area contributed by atoms with Gasteiger partial charge in [0.15, 0.2) is 0 Å². The Bertz CT molecular complexity index is 622. The van der Waals surface area contributed by atoms with Gasteiger partial charge >= 0.3 is 5.63 Å². The lowest BCUT2D eigenvalue weighted by Gasteiger charge is -2.22. The molecular weight excluding hydrogens is 244 g/mol. The maximum absolute atomic E-state index is 11.4. The van der Waals surface area contributed by atoms with Crippen LogP contribution in [0.2, 0.25) is 0 Å². The van der Waals surface area contributed by atoms with Crippen LogP contribution in [0.4, 0.5) is 5.69 Å². The zero-order valence-corrected chi connectivity index (χ0v) is 10.9. The minimum atomic E-state index is -0.449. The van der Waals surface area contributed by atoms with Crippen molar-refractivity contribution in [3.8, 4) is 0 Å². The van der Waals surface area contributed by atoms with Crippen LogP contribution in [-0.2, 0) is 6.61 Å². The van der Waals surface area contributed by atoms with Crippen molar-refractivity contribution in [1.29, 1.82) is 0 Å². The first kappa shape index (κ1) is 13.6. The number of hydrogen-bond donors (Lipinski definition) is 2. The largest absolute Gasteiger partial charge is 0.423 e. The van der Waals surface area contributed by atoms with Crippen molar-refractivity contribution >= 4 is 16.7 Å². The summed E-state index contributed by atoms with van der Waals surface area (Å²) in [6.45, 7) is 3.99. The topological polar surface area (TPSA) is 79.7 Å². The summed E-state index contributed by atoms with van der Waals surface area (Å²) in [6, 6.07) is 6.94. The Hall–Kier alpha value is -1.85. The molecule has 0 saturated carbocycles. The molecular formula is C14H18N2O3. The molecule has 0 unspecified atom stereocenters. The predicted molar refractivity (Wildman–Crippen MR) is 75.3 cm³/mol. The summed E-state index contributed by atoms with van der Waals surface area (Å²) in [6.07, 6.45) is 0. The molecule has 5 heteroatoms. The summed E-state index contributed by atoms with van der Waals surface area (Å²) in [5, 5.41) is 10.0. The summed E-state index contributed by atoms with van der Waals surface area (Å²) in [4.78, 5) is 13.5. The minimum absolute atomic E-state index is 0.179. The van der Waals surface area contributed by atoms with Gasteiger partial charge in [0.05, 0.1) is 6.61 Å². The molecule has 1 aromatic carbocycles. The van der Waals surface area contributed by atoms with Crippen molar-refractivity contribution in [2.24, 2.45) is 5.73 Å². The van der Waals surface area contributed by atoms with Gasteiger partial charge in [-0.3, -0.25) is 0 Å². The molecule has 0 radical (unpaired) electrons. The van der Waals surface area contributed by atoms with Crippen molar-refractivity contribution < 1.29 is 9.52 Å². The number of aliphatic hydroxyl groups is 1. The van der Waals surface area contributed by atoms with Gasteiger partial charge in [-0.1, -0.05) is 0 Å². The lowest BCUT2D eigenvalue weighted by Crippen LogP contribution is -2.28. The van der Waals surface area contributed by atoms with Gasteiger partial charge in [0.25, 0.3) is 0 Å². The molecule has 0 saturated heterocycles. The second-order valence-electron chi connectivity index (χ2n) is 4.30. The summed E-state index contributed by atoms with van der Waals surface area (Å²) in [5.41, 5.74) is 7.16. The molecule has 0 aliphatic heterocycles. The second kappa shape index (κ2) is 5.86. The van der Waals surface area contributed by atoms with Crippen molar-refractivity contribution in [3.05, 3.63) is 40.2 Å². The quantitative estimate of drug-likeness (QED) is 0.788. The fourth-order valence-corrected chi connectivity index (χ4v) is 2.17. The van der Waals surface area contributed by atoms with E-state index in [0.717, 1.165) is 24.2 Å². The van der Waals surface area contributed by atoms with Crippen LogP contribution in [0.15, 0.2) is 33.5 Å². The minimum Gasteiger partial charge on any atom is -0.423 e. The summed E-state index contributed by atoms with van der Waals surface area (Å²) in [5.74, 6) is 0. The molecule has 0 atom stereocenters. The SMILES string of the molecule is CCN(CCN)c1ccc2c(CO)cc(=O)oc2c1. The third-order valence-corrected chi connectivity index (χ3v) is 3.13. The average Bonchev–Trinajstić information content (AvgIpc) is 2.43. The maximum Gasteiger partial charge on any atom is 0.336 e. The van der Waals surface area contributed by atoms with Crippen LogP contribution in [0, 0.1) is 0 Å². The van der Waals surface area contributed by atoms with Gasteiger partial charge in [-0.05, 0) is 24.6 Å². The molecule has 0 fully saturated rings. The van der Waals surface area contributed by atoms with Crippen molar-refractivity contribution in [2.75, 3.05) is 24.5 Å². The molecule has 0 spiro atoms. The lowest BCUT2D eigenvalue weighted by molar-refractivity contribution is 0.282. The van der Waals surface area contributed by atoms with Crippen LogP contribution in [-0.4, -0.2) is 24.7 Å². The van der Waals surface area contributed by atoms with E-state index in [2.05, 4.69) is 4.90 Å². The Morgan fingerprint density at radius 1 is 1.37 bits per heavy atom. The molecule has 0 aliphatic carbocycles. The first-order valence-corrected chi connectivity index (χ1v) is 6.32. The van der Waals surface area contributed by atoms with Crippen molar-refractivity contribution in [2.45, 2.75) is 13.5 Å². The standard InChI is InChI=1S/C14H18N2O3/c1-2-16(6-5-15)11-3-4-12-10(9-17)7-14(18)19-13(12)8-11/h3-4,7-8,17H,2,5-6,9,15H2,1H3. The first-order valence-electron chi connectivity index (χ1n) is 6.32. The molecule has 0 aliphatic rings. The molecule has 3 N–H and O–H groups in total. The zero-order chi connectivity index (χ0) is 13.8. The van der Waals surface area contributed by atoms with E-state index in [9.17, 15) is 9.90 Å². The molecule has 2 aromatic rings. The highest BCUT2D eigenvalue weighted by Gasteiger charge is 2.08. The number of anilines is 1. The van der Waals surface area contributed by atoms with Crippen molar-refractivity contribution in [3.63, 3.8) is 0 Å². The third kappa shape index (κ3) is 2.77. The fourth-order valence-electron chi connectivity index (χ4n) is 2.17. The molecule has 0 bridgehead atoms. The molecule has 1 heterocycles. The highest BCUT2D eigenvalue weighted by molar-refractivity contribution is 5.83. The Kier molecular flexibility index (Phi) is 4.19. The van der Waals surface area contributed by atoms with E-state index >= 15 is 0 Å². The van der Waals surface area contributed by atoms with Gasteiger partial charge in [-0.2, -0.15) is 0 Å². The van der Waals surface area contributed by atoms with Gasteiger partial charge in [0.2, 0.25) is 0 Å². The van der Waals surface area contributed by atoms with Crippen LogP contribution in [0.1, 0.15) is 12.5 Å². The number of fused-ring (bicyclic) bond motifs is 1. The molecule has 5 nitrogen and oxygen atoms in total. The van der Waals surface area contributed by atoms with Crippen LogP contribution in [0.5, 0.6) is 0 Å². The van der Waals surface area contributed by atoms with Gasteiger partial charge in [0.1, 0.15) is 5.58 Å². The zero-order valence-electron chi connectivity index (χ0n) is 10.9. The van der Waals surface area contributed by atoms with Crippen LogP contribution >= 0.6 is 0 Å². The number of aliphatic hydroxyl groups excluding tert-OH is 1. The van der Waals surface area contributed by atoms with Gasteiger partial charge in [0, 0.05) is 42.8 Å². The molecule has 0 amide bonds. The summed E-state index contributed by atoms with van der Waals surface area (Å²) < 4.78 is 5.19. The van der Waals surface area contributed by atoms with E-state index in [1.54, 1.807) is 0 Å². The van der Waals surface area contributed by atoms with E-state index in [4.69, 9.17) is 10.2 Å². The van der Waals surface area contributed by atoms with E-state index in [0.29, 0.717) is 17.7 Å².